The van der Waals surface area contributed by atoms with Crippen molar-refractivity contribution in [2.75, 3.05) is 46.6 Å². The number of morpholine rings is 1. The van der Waals surface area contributed by atoms with Crippen LogP contribution in [0.15, 0.2) is 47.3 Å². The molecule has 2 N–H and O–H groups in total. The first-order chi connectivity index (χ1) is 17.1. The number of carbonyl (C=O) groups excluding carboxylic acids is 1. The Morgan fingerprint density at radius 2 is 2.00 bits per heavy atom. The number of aromatic amines is 1. The van der Waals surface area contributed by atoms with Gasteiger partial charge in [0.2, 0.25) is 5.91 Å². The predicted molar refractivity (Wildman–Crippen MR) is 133 cm³/mol. The van der Waals surface area contributed by atoms with Crippen LogP contribution < -0.4 is 20.3 Å². The van der Waals surface area contributed by atoms with Crippen LogP contribution in [0.25, 0.3) is 10.9 Å². The molecule has 1 aromatic heterocycles. The second kappa shape index (κ2) is 11.8. The van der Waals surface area contributed by atoms with Crippen molar-refractivity contribution in [1.29, 1.82) is 0 Å². The Hall–Kier alpha value is -3.43. The molecule has 1 atom stereocenters. The molecule has 0 bridgehead atoms. The standard InChI is InChI=1S/C26H32N4O5/c1-3-35-22-9-8-18(16-23(22)33-2)21(30-12-14-34-15-13-30)17-27-25(31)11-10-24-28-20-7-5-4-6-19(20)26(32)29-24/h4-9,16,21H,3,10-15,17H2,1-2H3,(H,27,31)(H,28,29,32). The van der Waals surface area contributed by atoms with Gasteiger partial charge in [-0.25, -0.2) is 4.98 Å². The lowest BCUT2D eigenvalue weighted by Gasteiger charge is -2.35. The number of para-hydroxylation sites is 1. The number of fused-ring (bicyclic) bond motifs is 1. The van der Waals surface area contributed by atoms with Gasteiger partial charge in [0, 0.05) is 32.5 Å². The van der Waals surface area contributed by atoms with E-state index >= 15 is 0 Å². The molecule has 2 heterocycles. The third-order valence-corrected chi connectivity index (χ3v) is 6.10. The van der Waals surface area contributed by atoms with Crippen LogP contribution in [-0.2, 0) is 16.0 Å². The fourth-order valence-electron chi connectivity index (χ4n) is 4.30. The van der Waals surface area contributed by atoms with Gasteiger partial charge in [-0.15, -0.1) is 0 Å². The molecule has 35 heavy (non-hydrogen) atoms. The van der Waals surface area contributed by atoms with Crippen molar-refractivity contribution in [2.24, 2.45) is 0 Å². The van der Waals surface area contributed by atoms with E-state index in [0.29, 0.717) is 61.0 Å². The van der Waals surface area contributed by atoms with E-state index in [-0.39, 0.29) is 23.9 Å². The zero-order valence-corrected chi connectivity index (χ0v) is 20.2. The minimum absolute atomic E-state index is 0.0361. The zero-order chi connectivity index (χ0) is 24.6. The molecule has 0 saturated carbocycles. The fraction of sp³-hybridized carbons (Fsp3) is 0.423. The number of hydrogen-bond donors (Lipinski definition) is 2. The summed E-state index contributed by atoms with van der Waals surface area (Å²) in [7, 11) is 1.62. The number of nitrogens with zero attached hydrogens (tertiary/aromatic N) is 2. The van der Waals surface area contributed by atoms with Crippen LogP contribution in [0, 0.1) is 0 Å². The molecule has 1 fully saturated rings. The lowest BCUT2D eigenvalue weighted by Crippen LogP contribution is -2.43. The van der Waals surface area contributed by atoms with Gasteiger partial charge in [-0.2, -0.15) is 0 Å². The minimum atomic E-state index is -0.192. The molecular weight excluding hydrogens is 448 g/mol. The number of benzene rings is 2. The summed E-state index contributed by atoms with van der Waals surface area (Å²) in [6, 6.07) is 13.0. The van der Waals surface area contributed by atoms with Gasteiger partial charge in [-0.05, 0) is 36.8 Å². The van der Waals surface area contributed by atoms with Crippen molar-refractivity contribution in [3.05, 3.63) is 64.2 Å². The van der Waals surface area contributed by atoms with E-state index in [0.717, 1.165) is 18.7 Å². The largest absolute Gasteiger partial charge is 0.493 e. The molecule has 9 nitrogen and oxygen atoms in total. The van der Waals surface area contributed by atoms with E-state index < -0.39 is 0 Å². The molecule has 3 aromatic rings. The second-order valence-corrected chi connectivity index (χ2v) is 8.34. The highest BCUT2D eigenvalue weighted by Gasteiger charge is 2.24. The zero-order valence-electron chi connectivity index (χ0n) is 20.2. The van der Waals surface area contributed by atoms with Gasteiger partial charge < -0.3 is 24.5 Å². The van der Waals surface area contributed by atoms with Gasteiger partial charge in [0.05, 0.1) is 43.9 Å². The molecule has 9 heteroatoms. The van der Waals surface area contributed by atoms with Gasteiger partial charge >= 0.3 is 0 Å². The van der Waals surface area contributed by atoms with Crippen LogP contribution in [0.4, 0.5) is 0 Å². The number of carbonyl (C=O) groups is 1. The molecule has 1 saturated heterocycles. The third-order valence-electron chi connectivity index (χ3n) is 6.10. The highest BCUT2D eigenvalue weighted by molar-refractivity contribution is 5.78. The third kappa shape index (κ3) is 6.17. The van der Waals surface area contributed by atoms with Crippen LogP contribution in [0.5, 0.6) is 11.5 Å². The summed E-state index contributed by atoms with van der Waals surface area (Å²) in [4.78, 5) is 34.6. The summed E-state index contributed by atoms with van der Waals surface area (Å²) in [5, 5.41) is 3.61. The fourth-order valence-corrected chi connectivity index (χ4v) is 4.30. The molecule has 1 amide bonds. The molecule has 186 valence electrons. The molecule has 1 aliphatic heterocycles. The Bertz CT molecular complexity index is 1210. The van der Waals surface area contributed by atoms with Gasteiger partial charge in [0.15, 0.2) is 11.5 Å². The maximum atomic E-state index is 12.7. The van der Waals surface area contributed by atoms with E-state index in [9.17, 15) is 9.59 Å². The quantitative estimate of drug-likeness (QED) is 0.459. The average molecular weight is 481 g/mol. The second-order valence-electron chi connectivity index (χ2n) is 8.34. The Morgan fingerprint density at radius 3 is 2.77 bits per heavy atom. The van der Waals surface area contributed by atoms with E-state index in [1.165, 1.54) is 0 Å². The number of amides is 1. The van der Waals surface area contributed by atoms with Crippen molar-refractivity contribution in [1.82, 2.24) is 20.2 Å². The van der Waals surface area contributed by atoms with Crippen LogP contribution in [0.3, 0.4) is 0 Å². The summed E-state index contributed by atoms with van der Waals surface area (Å²) in [6.07, 6.45) is 0.578. The van der Waals surface area contributed by atoms with E-state index in [2.05, 4.69) is 20.2 Å². The van der Waals surface area contributed by atoms with Gasteiger partial charge in [0.25, 0.3) is 5.56 Å². The number of ether oxygens (including phenoxy) is 3. The van der Waals surface area contributed by atoms with Crippen molar-refractivity contribution in [3.63, 3.8) is 0 Å². The van der Waals surface area contributed by atoms with Gasteiger partial charge in [-0.3, -0.25) is 14.5 Å². The molecule has 0 radical (unpaired) electrons. The molecule has 1 unspecified atom stereocenters. The Morgan fingerprint density at radius 1 is 1.20 bits per heavy atom. The summed E-state index contributed by atoms with van der Waals surface area (Å²) in [5.74, 6) is 1.77. The van der Waals surface area contributed by atoms with E-state index in [4.69, 9.17) is 14.2 Å². The minimum Gasteiger partial charge on any atom is -0.493 e. The molecule has 0 spiro atoms. The number of H-pyrrole nitrogens is 1. The topological polar surface area (TPSA) is 106 Å². The average Bonchev–Trinajstić information content (AvgIpc) is 2.89. The predicted octanol–water partition coefficient (Wildman–Crippen LogP) is 2.45. The maximum absolute atomic E-state index is 12.7. The number of rotatable bonds is 10. The Balaban J connectivity index is 1.43. The Kier molecular flexibility index (Phi) is 8.33. The van der Waals surface area contributed by atoms with Gasteiger partial charge in [-0.1, -0.05) is 18.2 Å². The van der Waals surface area contributed by atoms with Crippen molar-refractivity contribution in [3.8, 4) is 11.5 Å². The molecular formula is C26H32N4O5. The summed E-state index contributed by atoms with van der Waals surface area (Å²) >= 11 is 0. The van der Waals surface area contributed by atoms with Crippen LogP contribution in [-0.4, -0.2) is 67.3 Å². The smallest absolute Gasteiger partial charge is 0.258 e. The van der Waals surface area contributed by atoms with E-state index in [1.807, 2.05) is 31.2 Å². The first-order valence-corrected chi connectivity index (χ1v) is 12.0. The normalized spacial score (nSPS) is 15.0. The van der Waals surface area contributed by atoms with Crippen molar-refractivity contribution >= 4 is 16.8 Å². The van der Waals surface area contributed by atoms with Crippen LogP contribution >= 0.6 is 0 Å². The number of aromatic nitrogens is 2. The van der Waals surface area contributed by atoms with Gasteiger partial charge in [0.1, 0.15) is 5.82 Å². The summed E-state index contributed by atoms with van der Waals surface area (Å²) in [5.41, 5.74) is 1.47. The maximum Gasteiger partial charge on any atom is 0.258 e. The number of hydrogen-bond acceptors (Lipinski definition) is 7. The molecule has 1 aliphatic rings. The molecule has 4 rings (SSSR count). The molecule has 2 aromatic carbocycles. The van der Waals surface area contributed by atoms with E-state index in [1.54, 1.807) is 25.3 Å². The first-order valence-electron chi connectivity index (χ1n) is 12.0. The summed E-state index contributed by atoms with van der Waals surface area (Å²) < 4.78 is 16.7. The summed E-state index contributed by atoms with van der Waals surface area (Å²) in [6.45, 7) is 5.78. The lowest BCUT2D eigenvalue weighted by molar-refractivity contribution is -0.121. The monoisotopic (exact) mass is 480 g/mol. The highest BCUT2D eigenvalue weighted by atomic mass is 16.5. The Labute approximate surface area is 204 Å². The SMILES string of the molecule is CCOc1ccc(C(CNC(=O)CCc2nc3ccccc3c(=O)[nH]2)N2CCOCC2)cc1OC. The van der Waals surface area contributed by atoms with Crippen molar-refractivity contribution in [2.45, 2.75) is 25.8 Å². The molecule has 0 aliphatic carbocycles. The van der Waals surface area contributed by atoms with Crippen LogP contribution in [0.1, 0.15) is 30.8 Å². The van der Waals surface area contributed by atoms with Crippen LogP contribution in [0.2, 0.25) is 0 Å². The lowest BCUT2D eigenvalue weighted by atomic mass is 10.0. The van der Waals surface area contributed by atoms with Crippen molar-refractivity contribution < 1.29 is 19.0 Å². The number of methoxy groups -OCH3 is 1. The highest BCUT2D eigenvalue weighted by Crippen LogP contribution is 2.32. The number of nitrogens with one attached hydrogen (secondary N) is 2. The number of aryl methyl sites for hydroxylation is 1. The first kappa shape index (κ1) is 24.7.